The minimum absolute atomic E-state index is 0.116. The Bertz CT molecular complexity index is 1060. The van der Waals surface area contributed by atoms with E-state index in [0.717, 1.165) is 35.1 Å². The zero-order valence-electron chi connectivity index (χ0n) is 18.8. The largest absolute Gasteiger partial charge is 0.493 e. The smallest absolute Gasteiger partial charge is 0.192 e. The third-order valence-corrected chi connectivity index (χ3v) is 5.52. The molecule has 0 fully saturated rings. The minimum atomic E-state index is 0.116. The first-order valence-corrected chi connectivity index (χ1v) is 10.9. The SMILES string of the molecule is Cc1ccc(OCCNC(=NCc2nnc(C)n2C)NC2CCOc3ccccc32)cc1. The molecule has 0 spiro atoms. The first-order valence-electron chi connectivity index (χ1n) is 10.9. The average Bonchev–Trinajstić information content (AvgIpc) is 3.13. The molecule has 168 valence electrons. The third kappa shape index (κ3) is 5.38. The second-order valence-electron chi connectivity index (χ2n) is 7.85. The van der Waals surface area contributed by atoms with Crippen LogP contribution in [0.1, 0.15) is 35.2 Å². The van der Waals surface area contributed by atoms with Crippen molar-refractivity contribution in [1.29, 1.82) is 0 Å². The summed E-state index contributed by atoms with van der Waals surface area (Å²) in [5, 5.41) is 15.3. The molecule has 3 aromatic rings. The Morgan fingerprint density at radius 1 is 1.16 bits per heavy atom. The van der Waals surface area contributed by atoms with E-state index in [1.165, 1.54) is 5.56 Å². The number of hydrogen-bond acceptors (Lipinski definition) is 5. The summed E-state index contributed by atoms with van der Waals surface area (Å²) in [6.07, 6.45) is 0.862. The van der Waals surface area contributed by atoms with Gasteiger partial charge in [-0.25, -0.2) is 4.99 Å². The number of guanidine groups is 1. The lowest BCUT2D eigenvalue weighted by atomic mass is 10.0. The summed E-state index contributed by atoms with van der Waals surface area (Å²) in [5.74, 6) is 4.16. The fourth-order valence-electron chi connectivity index (χ4n) is 3.52. The van der Waals surface area contributed by atoms with Crippen LogP contribution in [-0.2, 0) is 13.6 Å². The van der Waals surface area contributed by atoms with E-state index in [-0.39, 0.29) is 6.04 Å². The molecule has 1 aliphatic heterocycles. The Balaban J connectivity index is 1.42. The molecule has 0 amide bonds. The van der Waals surface area contributed by atoms with Crippen LogP contribution in [0.3, 0.4) is 0 Å². The average molecular weight is 435 g/mol. The van der Waals surface area contributed by atoms with Crippen LogP contribution in [0.4, 0.5) is 0 Å². The Kier molecular flexibility index (Phi) is 6.89. The summed E-state index contributed by atoms with van der Waals surface area (Å²) >= 11 is 0. The van der Waals surface area contributed by atoms with Crippen molar-refractivity contribution in [2.75, 3.05) is 19.8 Å². The van der Waals surface area contributed by atoms with E-state index in [0.29, 0.717) is 32.3 Å². The van der Waals surface area contributed by atoms with Crippen LogP contribution in [0.2, 0.25) is 0 Å². The highest BCUT2D eigenvalue weighted by atomic mass is 16.5. The highest BCUT2D eigenvalue weighted by Gasteiger charge is 2.22. The molecule has 1 aromatic heterocycles. The van der Waals surface area contributed by atoms with Crippen molar-refractivity contribution >= 4 is 5.96 Å². The molecule has 1 unspecified atom stereocenters. The molecule has 0 radical (unpaired) electrons. The van der Waals surface area contributed by atoms with Gasteiger partial charge in [0.1, 0.15) is 30.5 Å². The van der Waals surface area contributed by atoms with Crippen LogP contribution in [0, 0.1) is 13.8 Å². The lowest BCUT2D eigenvalue weighted by molar-refractivity contribution is 0.261. The second kappa shape index (κ2) is 10.2. The van der Waals surface area contributed by atoms with Gasteiger partial charge in [0, 0.05) is 19.0 Å². The van der Waals surface area contributed by atoms with Gasteiger partial charge in [-0.3, -0.25) is 0 Å². The Labute approximate surface area is 188 Å². The van der Waals surface area contributed by atoms with Gasteiger partial charge in [0.15, 0.2) is 11.8 Å². The van der Waals surface area contributed by atoms with Gasteiger partial charge in [-0.1, -0.05) is 35.9 Å². The number of rotatable bonds is 7. The molecule has 1 aliphatic rings. The lowest BCUT2D eigenvalue weighted by Crippen LogP contribution is -2.42. The van der Waals surface area contributed by atoms with Crippen molar-refractivity contribution in [1.82, 2.24) is 25.4 Å². The highest BCUT2D eigenvalue weighted by Crippen LogP contribution is 2.31. The molecule has 0 aliphatic carbocycles. The molecule has 2 aromatic carbocycles. The maximum Gasteiger partial charge on any atom is 0.192 e. The Morgan fingerprint density at radius 3 is 2.75 bits per heavy atom. The first kappa shape index (κ1) is 21.7. The van der Waals surface area contributed by atoms with Crippen molar-refractivity contribution in [2.24, 2.45) is 12.0 Å². The van der Waals surface area contributed by atoms with Crippen LogP contribution in [-0.4, -0.2) is 40.5 Å². The number of para-hydroxylation sites is 1. The predicted octanol–water partition coefficient (Wildman–Crippen LogP) is 3.07. The van der Waals surface area contributed by atoms with Crippen LogP contribution >= 0.6 is 0 Å². The van der Waals surface area contributed by atoms with Gasteiger partial charge in [0.2, 0.25) is 0 Å². The third-order valence-electron chi connectivity index (χ3n) is 5.52. The van der Waals surface area contributed by atoms with Crippen molar-refractivity contribution in [3.05, 3.63) is 71.3 Å². The van der Waals surface area contributed by atoms with E-state index in [1.807, 2.05) is 61.0 Å². The molecular formula is C24H30N6O2. The van der Waals surface area contributed by atoms with Gasteiger partial charge < -0.3 is 24.7 Å². The van der Waals surface area contributed by atoms with Gasteiger partial charge >= 0.3 is 0 Å². The molecule has 2 N–H and O–H groups in total. The molecule has 8 heteroatoms. The van der Waals surface area contributed by atoms with Gasteiger partial charge in [-0.05, 0) is 32.0 Å². The Morgan fingerprint density at radius 2 is 1.97 bits per heavy atom. The Hall–Kier alpha value is -3.55. The number of aryl methyl sites for hydroxylation is 2. The van der Waals surface area contributed by atoms with E-state index >= 15 is 0 Å². The van der Waals surface area contributed by atoms with E-state index in [2.05, 4.69) is 33.8 Å². The van der Waals surface area contributed by atoms with Crippen LogP contribution in [0.25, 0.3) is 0 Å². The number of aliphatic imine (C=N–C) groups is 1. The molecule has 0 bridgehead atoms. The van der Waals surface area contributed by atoms with E-state index in [4.69, 9.17) is 14.5 Å². The number of ether oxygens (including phenoxy) is 2. The quantitative estimate of drug-likeness (QED) is 0.338. The van der Waals surface area contributed by atoms with Crippen molar-refractivity contribution in [3.8, 4) is 11.5 Å². The van der Waals surface area contributed by atoms with Crippen molar-refractivity contribution < 1.29 is 9.47 Å². The number of benzene rings is 2. The minimum Gasteiger partial charge on any atom is -0.493 e. The molecule has 8 nitrogen and oxygen atoms in total. The molecule has 1 atom stereocenters. The van der Waals surface area contributed by atoms with Gasteiger partial charge in [-0.15, -0.1) is 10.2 Å². The zero-order chi connectivity index (χ0) is 22.3. The summed E-state index contributed by atoms with van der Waals surface area (Å²) in [4.78, 5) is 4.77. The van der Waals surface area contributed by atoms with E-state index in [1.54, 1.807) is 0 Å². The maximum atomic E-state index is 5.85. The topological polar surface area (TPSA) is 85.6 Å². The summed E-state index contributed by atoms with van der Waals surface area (Å²) in [7, 11) is 1.95. The van der Waals surface area contributed by atoms with E-state index < -0.39 is 0 Å². The summed E-state index contributed by atoms with van der Waals surface area (Å²) in [6, 6.07) is 16.3. The molecule has 32 heavy (non-hydrogen) atoms. The zero-order valence-corrected chi connectivity index (χ0v) is 18.8. The number of fused-ring (bicyclic) bond motifs is 1. The van der Waals surface area contributed by atoms with Gasteiger partial charge in [-0.2, -0.15) is 0 Å². The van der Waals surface area contributed by atoms with Crippen LogP contribution in [0.5, 0.6) is 11.5 Å². The van der Waals surface area contributed by atoms with E-state index in [9.17, 15) is 0 Å². The molecular weight excluding hydrogens is 404 g/mol. The normalized spacial score (nSPS) is 15.6. The number of aromatic nitrogens is 3. The lowest BCUT2D eigenvalue weighted by Gasteiger charge is -2.28. The maximum absolute atomic E-state index is 5.85. The van der Waals surface area contributed by atoms with Crippen LogP contribution in [0.15, 0.2) is 53.5 Å². The van der Waals surface area contributed by atoms with Crippen molar-refractivity contribution in [3.63, 3.8) is 0 Å². The predicted molar refractivity (Wildman–Crippen MR) is 124 cm³/mol. The number of nitrogens with zero attached hydrogens (tertiary/aromatic N) is 4. The monoisotopic (exact) mass is 434 g/mol. The first-order chi connectivity index (χ1) is 15.6. The molecule has 0 saturated carbocycles. The van der Waals surface area contributed by atoms with Crippen LogP contribution < -0.4 is 20.1 Å². The number of nitrogens with one attached hydrogen (secondary N) is 2. The van der Waals surface area contributed by atoms with Gasteiger partial charge in [0.25, 0.3) is 0 Å². The van der Waals surface area contributed by atoms with Gasteiger partial charge in [0.05, 0.1) is 19.2 Å². The standard InChI is InChI=1S/C24H30N6O2/c1-17-8-10-19(11-9-17)31-15-13-25-24(26-16-23-29-28-18(2)30(23)3)27-21-12-14-32-22-7-5-4-6-20(21)22/h4-11,21H,12-16H2,1-3H3,(H2,25,26,27). The summed E-state index contributed by atoms with van der Waals surface area (Å²) in [6.45, 7) is 6.22. The fraction of sp³-hybridized carbons (Fsp3) is 0.375. The second-order valence-corrected chi connectivity index (χ2v) is 7.85. The summed E-state index contributed by atoms with van der Waals surface area (Å²) in [5.41, 5.74) is 2.35. The summed E-state index contributed by atoms with van der Waals surface area (Å²) < 4.78 is 13.6. The molecule has 0 saturated heterocycles. The molecule has 4 rings (SSSR count). The molecule has 2 heterocycles. The fourth-order valence-corrected chi connectivity index (χ4v) is 3.52. The van der Waals surface area contributed by atoms with Crippen molar-refractivity contribution in [2.45, 2.75) is 32.9 Å². The number of hydrogen-bond donors (Lipinski definition) is 2. The highest BCUT2D eigenvalue weighted by molar-refractivity contribution is 5.80.